The maximum absolute atomic E-state index is 10.1. The van der Waals surface area contributed by atoms with Gasteiger partial charge < -0.3 is 15.2 Å². The van der Waals surface area contributed by atoms with E-state index in [-0.39, 0.29) is 6.04 Å². The van der Waals surface area contributed by atoms with Gasteiger partial charge in [-0.25, -0.2) is 0 Å². The summed E-state index contributed by atoms with van der Waals surface area (Å²) in [5, 5.41) is 13.2. The Balaban J connectivity index is 3.08. The molecule has 16 heavy (non-hydrogen) atoms. The van der Waals surface area contributed by atoms with Gasteiger partial charge in [-0.2, -0.15) is 0 Å². The highest BCUT2D eigenvalue weighted by atomic mass is 16.5. The van der Waals surface area contributed by atoms with Crippen LogP contribution < -0.4 is 10.1 Å². The molecule has 2 N–H and O–H groups in total. The molecule has 0 aliphatic rings. The van der Waals surface area contributed by atoms with Gasteiger partial charge in [0, 0.05) is 0 Å². The van der Waals surface area contributed by atoms with Crippen molar-refractivity contribution < 1.29 is 9.84 Å². The summed E-state index contributed by atoms with van der Waals surface area (Å²) in [6.07, 6.45) is 0. The fraction of sp³-hybridized carbons (Fsp3) is 0.538. The third-order valence-corrected chi connectivity index (χ3v) is 2.75. The molecule has 1 aromatic carbocycles. The van der Waals surface area contributed by atoms with Gasteiger partial charge in [0.1, 0.15) is 5.75 Å². The predicted octanol–water partition coefficient (Wildman–Crippen LogP) is 2.04. The SMILES string of the molecule is CNC(c1ccc(OC)c(C)c1)C(C)(C)O. The molecular weight excluding hydrogens is 202 g/mol. The Labute approximate surface area is 97.4 Å². The molecular formula is C13H21NO2. The van der Waals surface area contributed by atoms with Crippen molar-refractivity contribution in [2.24, 2.45) is 0 Å². The fourth-order valence-electron chi connectivity index (χ4n) is 2.01. The number of rotatable bonds is 4. The summed E-state index contributed by atoms with van der Waals surface area (Å²) >= 11 is 0. The van der Waals surface area contributed by atoms with Crippen molar-refractivity contribution in [1.82, 2.24) is 5.32 Å². The zero-order chi connectivity index (χ0) is 12.3. The van der Waals surface area contributed by atoms with Crippen molar-refractivity contribution in [3.63, 3.8) is 0 Å². The minimum Gasteiger partial charge on any atom is -0.496 e. The van der Waals surface area contributed by atoms with Crippen molar-refractivity contribution in [3.8, 4) is 5.75 Å². The maximum Gasteiger partial charge on any atom is 0.121 e. The lowest BCUT2D eigenvalue weighted by Crippen LogP contribution is -2.37. The molecule has 90 valence electrons. The Kier molecular flexibility index (Phi) is 3.94. The van der Waals surface area contributed by atoms with Crippen LogP contribution in [0, 0.1) is 6.92 Å². The Morgan fingerprint density at radius 1 is 1.38 bits per heavy atom. The zero-order valence-corrected chi connectivity index (χ0v) is 10.7. The monoisotopic (exact) mass is 223 g/mol. The Hall–Kier alpha value is -1.06. The average Bonchev–Trinajstić information content (AvgIpc) is 2.17. The third kappa shape index (κ3) is 2.74. The lowest BCUT2D eigenvalue weighted by molar-refractivity contribution is 0.0400. The number of benzene rings is 1. The summed E-state index contributed by atoms with van der Waals surface area (Å²) in [7, 11) is 3.51. The molecule has 0 radical (unpaired) electrons. The lowest BCUT2D eigenvalue weighted by Gasteiger charge is -2.29. The van der Waals surface area contributed by atoms with E-state index in [1.165, 1.54) is 0 Å². The summed E-state index contributed by atoms with van der Waals surface area (Å²) in [4.78, 5) is 0. The second-order valence-corrected chi connectivity index (χ2v) is 4.60. The molecule has 0 amide bonds. The van der Waals surface area contributed by atoms with E-state index >= 15 is 0 Å². The van der Waals surface area contributed by atoms with Crippen LogP contribution in [0.2, 0.25) is 0 Å². The van der Waals surface area contributed by atoms with Crippen molar-refractivity contribution >= 4 is 0 Å². The predicted molar refractivity (Wildman–Crippen MR) is 65.8 cm³/mol. The van der Waals surface area contributed by atoms with Gasteiger partial charge in [-0.15, -0.1) is 0 Å². The molecule has 3 nitrogen and oxygen atoms in total. The van der Waals surface area contributed by atoms with Crippen LogP contribution in [-0.4, -0.2) is 24.9 Å². The van der Waals surface area contributed by atoms with Crippen LogP contribution in [0.15, 0.2) is 18.2 Å². The van der Waals surface area contributed by atoms with Gasteiger partial charge in [0.2, 0.25) is 0 Å². The second kappa shape index (κ2) is 4.85. The standard InChI is InChI=1S/C13H21NO2/c1-9-8-10(6-7-11(9)16-5)12(14-4)13(2,3)15/h6-8,12,14-15H,1-5H3. The van der Waals surface area contributed by atoms with Gasteiger partial charge in [-0.05, 0) is 45.0 Å². The van der Waals surface area contributed by atoms with E-state index in [1.807, 2.05) is 32.2 Å². The van der Waals surface area contributed by atoms with Gasteiger partial charge in [0.05, 0.1) is 18.8 Å². The molecule has 1 atom stereocenters. The van der Waals surface area contributed by atoms with Gasteiger partial charge in [0.25, 0.3) is 0 Å². The first-order valence-electron chi connectivity index (χ1n) is 5.44. The first kappa shape index (κ1) is 13.0. The molecule has 0 fully saturated rings. The first-order valence-corrected chi connectivity index (χ1v) is 5.44. The number of aliphatic hydroxyl groups is 1. The molecule has 0 heterocycles. The number of hydrogen-bond acceptors (Lipinski definition) is 3. The highest BCUT2D eigenvalue weighted by Gasteiger charge is 2.26. The van der Waals surface area contributed by atoms with Crippen LogP contribution in [0.1, 0.15) is 31.0 Å². The van der Waals surface area contributed by atoms with Gasteiger partial charge in [0.15, 0.2) is 0 Å². The number of nitrogens with one attached hydrogen (secondary N) is 1. The average molecular weight is 223 g/mol. The Morgan fingerprint density at radius 2 is 2.00 bits per heavy atom. The molecule has 0 saturated carbocycles. The van der Waals surface area contributed by atoms with Crippen LogP contribution in [-0.2, 0) is 0 Å². The molecule has 1 aromatic rings. The molecule has 1 unspecified atom stereocenters. The highest BCUT2D eigenvalue weighted by molar-refractivity contribution is 5.38. The van der Waals surface area contributed by atoms with Crippen LogP contribution in [0.25, 0.3) is 0 Å². The Morgan fingerprint density at radius 3 is 2.38 bits per heavy atom. The van der Waals surface area contributed by atoms with Gasteiger partial charge in [-0.3, -0.25) is 0 Å². The largest absolute Gasteiger partial charge is 0.496 e. The fourth-order valence-corrected chi connectivity index (χ4v) is 2.01. The quantitative estimate of drug-likeness (QED) is 0.820. The van der Waals surface area contributed by atoms with Crippen molar-refractivity contribution in [2.75, 3.05) is 14.2 Å². The number of likely N-dealkylation sites (N-methyl/N-ethyl adjacent to an activating group) is 1. The van der Waals surface area contributed by atoms with E-state index in [1.54, 1.807) is 21.0 Å². The molecule has 3 heteroatoms. The number of aryl methyl sites for hydroxylation is 1. The molecule has 0 aliphatic carbocycles. The second-order valence-electron chi connectivity index (χ2n) is 4.60. The third-order valence-electron chi connectivity index (χ3n) is 2.75. The summed E-state index contributed by atoms with van der Waals surface area (Å²) in [5.74, 6) is 0.870. The number of hydrogen-bond donors (Lipinski definition) is 2. The minimum absolute atomic E-state index is 0.0860. The normalized spacial score (nSPS) is 13.6. The minimum atomic E-state index is -0.796. The van der Waals surface area contributed by atoms with E-state index < -0.39 is 5.60 Å². The van der Waals surface area contributed by atoms with Gasteiger partial charge >= 0.3 is 0 Å². The van der Waals surface area contributed by atoms with Crippen molar-refractivity contribution in [3.05, 3.63) is 29.3 Å². The van der Waals surface area contributed by atoms with Gasteiger partial charge in [-0.1, -0.05) is 12.1 Å². The molecule has 0 spiro atoms. The summed E-state index contributed by atoms with van der Waals surface area (Å²) < 4.78 is 5.22. The van der Waals surface area contributed by atoms with Crippen molar-refractivity contribution in [1.29, 1.82) is 0 Å². The smallest absolute Gasteiger partial charge is 0.121 e. The van der Waals surface area contributed by atoms with Crippen LogP contribution >= 0.6 is 0 Å². The first-order chi connectivity index (χ1) is 7.40. The van der Waals surface area contributed by atoms with Crippen LogP contribution in [0.3, 0.4) is 0 Å². The summed E-state index contributed by atoms with van der Waals surface area (Å²) in [6.45, 7) is 5.60. The molecule has 1 rings (SSSR count). The molecule has 0 saturated heterocycles. The van der Waals surface area contributed by atoms with E-state index in [4.69, 9.17) is 4.74 Å². The van der Waals surface area contributed by atoms with E-state index in [0.29, 0.717) is 0 Å². The zero-order valence-electron chi connectivity index (χ0n) is 10.7. The van der Waals surface area contributed by atoms with Crippen LogP contribution in [0.4, 0.5) is 0 Å². The summed E-state index contributed by atoms with van der Waals surface area (Å²) in [5.41, 5.74) is 1.34. The van der Waals surface area contributed by atoms with E-state index in [0.717, 1.165) is 16.9 Å². The topological polar surface area (TPSA) is 41.5 Å². The number of methoxy groups -OCH3 is 1. The van der Waals surface area contributed by atoms with Crippen LogP contribution in [0.5, 0.6) is 5.75 Å². The maximum atomic E-state index is 10.1. The van der Waals surface area contributed by atoms with Crippen molar-refractivity contribution in [2.45, 2.75) is 32.4 Å². The molecule has 0 bridgehead atoms. The summed E-state index contributed by atoms with van der Waals surface area (Å²) in [6, 6.07) is 5.86. The number of ether oxygens (including phenoxy) is 1. The van der Waals surface area contributed by atoms with E-state index in [2.05, 4.69) is 5.32 Å². The molecule has 0 aliphatic heterocycles. The Bertz CT molecular complexity index is 355. The van der Waals surface area contributed by atoms with E-state index in [9.17, 15) is 5.11 Å². The molecule has 0 aromatic heterocycles. The highest BCUT2D eigenvalue weighted by Crippen LogP contribution is 2.28. The lowest BCUT2D eigenvalue weighted by atomic mass is 9.91.